The molecule has 2 amide bonds. The van der Waals surface area contributed by atoms with Crippen LogP contribution in [0.2, 0.25) is 0 Å². The Labute approximate surface area is 221 Å². The highest BCUT2D eigenvalue weighted by molar-refractivity contribution is 7.15. The fourth-order valence-corrected chi connectivity index (χ4v) is 4.24. The lowest BCUT2D eigenvalue weighted by molar-refractivity contribution is -0.709. The number of hydrogen-bond acceptors (Lipinski definition) is 5. The molecule has 1 aromatic heterocycles. The molecule has 0 spiro atoms. The zero-order chi connectivity index (χ0) is 26.6. The number of carbonyl (C=O) groups is 2. The number of amides is 2. The van der Waals surface area contributed by atoms with Crippen LogP contribution in [0, 0.1) is 0 Å². The first-order chi connectivity index (χ1) is 17.9. The monoisotopic (exact) mass is 522 g/mol. The molecular weight excluding hydrogens is 488 g/mol. The molecule has 2 aromatic carbocycles. The molecule has 194 valence electrons. The van der Waals surface area contributed by atoms with Crippen molar-refractivity contribution in [3.05, 3.63) is 81.5 Å². The third kappa shape index (κ3) is 8.28. The Morgan fingerprint density at radius 3 is 1.43 bits per heavy atom. The number of unbranched alkanes of at least 4 members (excludes halogenated alkanes) is 2. The number of nitrogens with zero attached hydrogens (tertiary/aromatic N) is 2. The molecule has 0 unspecified atom stereocenters. The predicted octanol–water partition coefficient (Wildman–Crippen LogP) is 5.11. The first-order valence-corrected chi connectivity index (χ1v) is 13.2. The summed E-state index contributed by atoms with van der Waals surface area (Å²) in [6.45, 7) is 5.42. The summed E-state index contributed by atoms with van der Waals surface area (Å²) < 4.78 is 1.99. The molecule has 0 aliphatic rings. The Bertz CT molecular complexity index is 1150. The number of carbonyl (C=O) groups excluding carboxylic acids is 2. The maximum atomic E-state index is 12.1. The molecule has 1 heterocycles. The van der Waals surface area contributed by atoms with Gasteiger partial charge in [0.2, 0.25) is 12.4 Å². The Balaban J connectivity index is 1.63. The SMILES string of the molecule is CCCCNC(=O)c1ccc(/[N+](O)=C/c2ccc(/C=[N+](\O)c3ccc(C(=O)NCCCC)cc3)s2)cc1. The number of thiophene rings is 1. The van der Waals surface area contributed by atoms with E-state index in [1.165, 1.54) is 11.3 Å². The standard InChI is InChI=1S/C28H32N4O4S/c1-3-5-17-29-27(33)21-7-11-23(12-8-21)31(35)19-25-15-16-26(37-25)20-32(36)24-13-9-22(10-14-24)28(34)30-18-6-4-2/h7-16,19-20H,3-6,17-18H2,1-2H3,(H2-2,29,30,33,34,35,36)/p+2. The second kappa shape index (κ2) is 13.9. The van der Waals surface area contributed by atoms with Gasteiger partial charge in [-0.2, -0.15) is 0 Å². The van der Waals surface area contributed by atoms with Gasteiger partial charge in [-0.1, -0.05) is 26.7 Å². The molecule has 4 N–H and O–H groups in total. The van der Waals surface area contributed by atoms with Gasteiger partial charge in [0.25, 0.3) is 23.2 Å². The summed E-state index contributed by atoms with van der Waals surface area (Å²) in [5.74, 6) is -0.268. The van der Waals surface area contributed by atoms with Crippen LogP contribution in [-0.2, 0) is 0 Å². The van der Waals surface area contributed by atoms with E-state index in [2.05, 4.69) is 24.5 Å². The van der Waals surface area contributed by atoms with Crippen molar-refractivity contribution in [2.24, 2.45) is 0 Å². The Hall–Kier alpha value is -3.98. The highest BCUT2D eigenvalue weighted by atomic mass is 32.1. The van der Waals surface area contributed by atoms with Crippen LogP contribution in [-0.4, -0.2) is 57.2 Å². The van der Waals surface area contributed by atoms with Gasteiger partial charge in [0.1, 0.15) is 0 Å². The van der Waals surface area contributed by atoms with Crippen LogP contribution in [0.4, 0.5) is 11.4 Å². The van der Waals surface area contributed by atoms with Crippen LogP contribution in [0.15, 0.2) is 60.7 Å². The minimum absolute atomic E-state index is 0.134. The minimum atomic E-state index is -0.134. The fourth-order valence-electron chi connectivity index (χ4n) is 3.39. The lowest BCUT2D eigenvalue weighted by atomic mass is 10.2. The summed E-state index contributed by atoms with van der Waals surface area (Å²) in [6, 6.07) is 17.0. The van der Waals surface area contributed by atoms with Gasteiger partial charge in [0.05, 0.1) is 9.75 Å². The second-order valence-corrected chi connectivity index (χ2v) is 9.65. The predicted molar refractivity (Wildman–Crippen MR) is 145 cm³/mol. The van der Waals surface area contributed by atoms with E-state index in [9.17, 15) is 20.0 Å². The van der Waals surface area contributed by atoms with Crippen LogP contribution < -0.4 is 10.6 Å². The van der Waals surface area contributed by atoms with Gasteiger partial charge in [-0.25, -0.2) is 0 Å². The summed E-state index contributed by atoms with van der Waals surface area (Å²) in [6.07, 6.45) is 7.01. The Morgan fingerprint density at radius 2 is 1.08 bits per heavy atom. The number of hydrogen-bond donors (Lipinski definition) is 4. The van der Waals surface area contributed by atoms with E-state index in [-0.39, 0.29) is 11.8 Å². The van der Waals surface area contributed by atoms with Crippen molar-refractivity contribution < 1.29 is 29.5 Å². The van der Waals surface area contributed by atoms with E-state index in [1.54, 1.807) is 61.0 Å². The average Bonchev–Trinajstić information content (AvgIpc) is 3.35. The second-order valence-electron chi connectivity index (χ2n) is 8.50. The highest BCUT2D eigenvalue weighted by Gasteiger charge is 2.14. The van der Waals surface area contributed by atoms with Crippen molar-refractivity contribution >= 4 is 47.0 Å². The molecule has 3 rings (SSSR count). The van der Waals surface area contributed by atoms with E-state index in [0.29, 0.717) is 35.6 Å². The fraction of sp³-hybridized carbons (Fsp3) is 0.286. The highest BCUT2D eigenvalue weighted by Crippen LogP contribution is 2.18. The molecule has 0 saturated heterocycles. The number of rotatable bonds is 12. The van der Waals surface area contributed by atoms with Crippen LogP contribution in [0.25, 0.3) is 0 Å². The Morgan fingerprint density at radius 1 is 0.703 bits per heavy atom. The Kier molecular flexibility index (Phi) is 10.4. The van der Waals surface area contributed by atoms with Gasteiger partial charge < -0.3 is 10.6 Å². The first-order valence-electron chi connectivity index (χ1n) is 12.4. The van der Waals surface area contributed by atoms with Crippen LogP contribution in [0.5, 0.6) is 0 Å². The molecule has 0 radical (unpaired) electrons. The van der Waals surface area contributed by atoms with Crippen molar-refractivity contribution in [1.29, 1.82) is 0 Å². The molecule has 9 heteroatoms. The average molecular weight is 523 g/mol. The summed E-state index contributed by atoms with van der Waals surface area (Å²) in [5, 5.41) is 26.7. The molecule has 0 atom stereocenters. The van der Waals surface area contributed by atoms with Gasteiger partial charge in [-0.15, -0.1) is 11.3 Å². The van der Waals surface area contributed by atoms with Crippen LogP contribution in [0.1, 0.15) is 70.0 Å². The third-order valence-corrected chi connectivity index (χ3v) is 6.52. The molecule has 8 nitrogen and oxygen atoms in total. The quantitative estimate of drug-likeness (QED) is 0.0872. The summed E-state index contributed by atoms with van der Waals surface area (Å²) in [4.78, 5) is 25.8. The maximum absolute atomic E-state index is 12.1. The zero-order valence-electron chi connectivity index (χ0n) is 21.2. The smallest absolute Gasteiger partial charge is 0.257 e. The lowest BCUT2D eigenvalue weighted by Crippen LogP contribution is -2.24. The molecule has 0 fully saturated rings. The van der Waals surface area contributed by atoms with Crippen LogP contribution in [0.3, 0.4) is 0 Å². The van der Waals surface area contributed by atoms with Crippen molar-refractivity contribution in [1.82, 2.24) is 10.6 Å². The van der Waals surface area contributed by atoms with Crippen molar-refractivity contribution in [3.8, 4) is 0 Å². The van der Waals surface area contributed by atoms with Gasteiger partial charge in [0.15, 0.2) is 0 Å². The molecule has 37 heavy (non-hydrogen) atoms. The van der Waals surface area contributed by atoms with Crippen molar-refractivity contribution in [2.45, 2.75) is 39.5 Å². The van der Waals surface area contributed by atoms with Crippen molar-refractivity contribution in [2.75, 3.05) is 13.1 Å². The molecule has 0 aliphatic carbocycles. The molecule has 0 aliphatic heterocycles. The molecule has 3 aromatic rings. The number of benzene rings is 2. The number of nitrogens with one attached hydrogen (secondary N) is 2. The topological polar surface area (TPSA) is 105 Å². The van der Waals surface area contributed by atoms with Gasteiger partial charge in [-0.3, -0.25) is 20.0 Å². The maximum Gasteiger partial charge on any atom is 0.257 e. The molecule has 0 saturated carbocycles. The van der Waals surface area contributed by atoms with Gasteiger partial charge in [-0.05, 0) is 49.2 Å². The van der Waals surface area contributed by atoms with Gasteiger partial charge in [0, 0.05) is 58.0 Å². The van der Waals surface area contributed by atoms with E-state index in [0.717, 1.165) is 44.9 Å². The van der Waals surface area contributed by atoms with E-state index < -0.39 is 0 Å². The normalized spacial score (nSPS) is 11.8. The molecule has 0 bridgehead atoms. The minimum Gasteiger partial charge on any atom is -0.352 e. The van der Waals surface area contributed by atoms with Gasteiger partial charge >= 0.3 is 0 Å². The van der Waals surface area contributed by atoms with E-state index in [4.69, 9.17) is 0 Å². The molecular formula is C28H34N4O4S+2. The first kappa shape index (κ1) is 27.6. The third-order valence-electron chi connectivity index (χ3n) is 5.57. The van der Waals surface area contributed by atoms with Crippen LogP contribution >= 0.6 is 11.3 Å². The summed E-state index contributed by atoms with van der Waals surface area (Å²) in [7, 11) is 0. The lowest BCUT2D eigenvalue weighted by Gasteiger charge is -2.03. The largest absolute Gasteiger partial charge is 0.352 e. The van der Waals surface area contributed by atoms with E-state index in [1.807, 2.05) is 12.1 Å². The zero-order valence-corrected chi connectivity index (χ0v) is 22.0. The summed E-state index contributed by atoms with van der Waals surface area (Å²) in [5.41, 5.74) is 2.11. The van der Waals surface area contributed by atoms with Crippen molar-refractivity contribution in [3.63, 3.8) is 0 Å². The van der Waals surface area contributed by atoms with E-state index >= 15 is 0 Å². The summed E-state index contributed by atoms with van der Waals surface area (Å²) >= 11 is 1.37.